The lowest BCUT2D eigenvalue weighted by atomic mass is 10.2. The van der Waals surface area contributed by atoms with E-state index in [1.165, 1.54) is 7.11 Å². The van der Waals surface area contributed by atoms with Gasteiger partial charge < -0.3 is 19.5 Å². The number of benzene rings is 1. The summed E-state index contributed by atoms with van der Waals surface area (Å²) in [5.41, 5.74) is 0.871. The summed E-state index contributed by atoms with van der Waals surface area (Å²) in [7, 11) is 1.43. The van der Waals surface area contributed by atoms with E-state index in [4.69, 9.17) is 9.47 Å². The maximum atomic E-state index is 12.4. The van der Waals surface area contributed by atoms with E-state index < -0.39 is 6.61 Å². The molecule has 1 N–H and O–H groups in total. The van der Waals surface area contributed by atoms with Crippen molar-refractivity contribution in [3.05, 3.63) is 23.8 Å². The minimum Gasteiger partial charge on any atom is -0.493 e. The molecule has 0 saturated carbocycles. The zero-order valence-corrected chi connectivity index (χ0v) is 13.6. The van der Waals surface area contributed by atoms with Crippen molar-refractivity contribution in [3.63, 3.8) is 0 Å². The van der Waals surface area contributed by atoms with Crippen molar-refractivity contribution >= 4 is 0 Å². The van der Waals surface area contributed by atoms with E-state index in [-0.39, 0.29) is 11.8 Å². The van der Waals surface area contributed by atoms with E-state index in [1.54, 1.807) is 12.1 Å². The number of hydrogen-bond acceptors (Lipinski definition) is 5. The zero-order valence-electron chi connectivity index (χ0n) is 13.6. The van der Waals surface area contributed by atoms with Crippen LogP contribution in [0.2, 0.25) is 0 Å². The van der Waals surface area contributed by atoms with Gasteiger partial charge in [0.15, 0.2) is 11.5 Å². The number of nitrogens with one attached hydrogen (secondary N) is 1. The van der Waals surface area contributed by atoms with Crippen LogP contribution in [0.1, 0.15) is 12.5 Å². The van der Waals surface area contributed by atoms with Gasteiger partial charge in [-0.3, -0.25) is 4.90 Å². The molecule has 2 rings (SSSR count). The van der Waals surface area contributed by atoms with Crippen molar-refractivity contribution in [1.29, 1.82) is 0 Å². The lowest BCUT2D eigenvalue weighted by Crippen LogP contribution is -2.44. The molecule has 1 aromatic rings. The van der Waals surface area contributed by atoms with Crippen LogP contribution in [0, 0.1) is 0 Å². The average molecular weight is 330 g/mol. The number of hydrogen-bond donors (Lipinski definition) is 1. The largest absolute Gasteiger partial charge is 0.493 e. The highest BCUT2D eigenvalue weighted by Gasteiger charge is 2.14. The summed E-state index contributed by atoms with van der Waals surface area (Å²) in [6.07, 6.45) is 0. The van der Waals surface area contributed by atoms with Gasteiger partial charge in [0.25, 0.3) is 0 Å². The van der Waals surface area contributed by atoms with Crippen molar-refractivity contribution in [2.24, 2.45) is 0 Å². The molecule has 1 saturated heterocycles. The first kappa shape index (κ1) is 17.9. The zero-order chi connectivity index (χ0) is 16.7. The van der Waals surface area contributed by atoms with E-state index in [1.807, 2.05) is 6.07 Å². The molecule has 0 aliphatic carbocycles. The van der Waals surface area contributed by atoms with E-state index in [0.717, 1.165) is 38.4 Å². The van der Waals surface area contributed by atoms with Crippen LogP contribution in [0.25, 0.3) is 0 Å². The van der Waals surface area contributed by atoms with Crippen LogP contribution in [0.4, 0.5) is 8.78 Å². The van der Waals surface area contributed by atoms with Gasteiger partial charge >= 0.3 is 6.61 Å². The minimum absolute atomic E-state index is 0.0580. The Morgan fingerprint density at radius 1 is 1.26 bits per heavy atom. The monoisotopic (exact) mass is 330 g/mol. The van der Waals surface area contributed by atoms with Gasteiger partial charge in [0.2, 0.25) is 0 Å². The highest BCUT2D eigenvalue weighted by molar-refractivity contribution is 5.43. The van der Waals surface area contributed by atoms with Gasteiger partial charge in [0.1, 0.15) is 0 Å². The summed E-state index contributed by atoms with van der Waals surface area (Å²) in [4.78, 5) is 2.35. The quantitative estimate of drug-likeness (QED) is 0.791. The standard InChI is InChI=1S/C16H24F2N2O3/c1-12(11-20-5-7-22-8-6-20)19-10-13-3-4-14(21-2)15(9-13)23-16(17)18/h3-4,9,12,16,19H,5-8,10-11H2,1-2H3. The lowest BCUT2D eigenvalue weighted by molar-refractivity contribution is -0.0512. The first-order valence-electron chi connectivity index (χ1n) is 7.73. The van der Waals surface area contributed by atoms with E-state index in [0.29, 0.717) is 12.3 Å². The fraction of sp³-hybridized carbons (Fsp3) is 0.625. The molecule has 0 bridgehead atoms. The molecule has 130 valence electrons. The molecule has 0 radical (unpaired) electrons. The Morgan fingerprint density at radius 2 is 2.00 bits per heavy atom. The molecule has 1 aliphatic heterocycles. The highest BCUT2D eigenvalue weighted by Crippen LogP contribution is 2.29. The Balaban J connectivity index is 1.86. The molecule has 5 nitrogen and oxygen atoms in total. The molecule has 1 heterocycles. The number of halogens is 2. The second-order valence-corrected chi connectivity index (χ2v) is 5.56. The summed E-state index contributed by atoms with van der Waals surface area (Å²) < 4.78 is 39.7. The van der Waals surface area contributed by atoms with E-state index in [2.05, 4.69) is 21.9 Å². The van der Waals surface area contributed by atoms with Crippen molar-refractivity contribution < 1.29 is 23.0 Å². The third-order valence-electron chi connectivity index (χ3n) is 3.73. The molecule has 1 aromatic carbocycles. The van der Waals surface area contributed by atoms with Gasteiger partial charge in [-0.2, -0.15) is 8.78 Å². The Hall–Kier alpha value is -1.44. The minimum atomic E-state index is -2.87. The van der Waals surface area contributed by atoms with E-state index >= 15 is 0 Å². The summed E-state index contributed by atoms with van der Waals surface area (Å²) in [5, 5.41) is 3.40. The predicted octanol–water partition coefficient (Wildman–Crippen LogP) is 2.11. The van der Waals surface area contributed by atoms with Crippen molar-refractivity contribution in [2.75, 3.05) is 40.0 Å². The number of alkyl halides is 2. The van der Waals surface area contributed by atoms with Crippen LogP contribution < -0.4 is 14.8 Å². The van der Waals surface area contributed by atoms with Gasteiger partial charge in [-0.05, 0) is 24.6 Å². The molecule has 7 heteroatoms. The smallest absolute Gasteiger partial charge is 0.387 e. The van der Waals surface area contributed by atoms with Crippen LogP contribution >= 0.6 is 0 Å². The number of morpholine rings is 1. The Labute approximate surface area is 135 Å². The molecular formula is C16H24F2N2O3. The Morgan fingerprint density at radius 3 is 2.65 bits per heavy atom. The van der Waals surface area contributed by atoms with Crippen LogP contribution in [0.5, 0.6) is 11.5 Å². The van der Waals surface area contributed by atoms with Gasteiger partial charge in [-0.25, -0.2) is 0 Å². The molecule has 0 amide bonds. The maximum Gasteiger partial charge on any atom is 0.387 e. The summed E-state index contributed by atoms with van der Waals surface area (Å²) in [6, 6.07) is 5.35. The summed E-state index contributed by atoms with van der Waals surface area (Å²) in [5.74, 6) is 0.359. The second-order valence-electron chi connectivity index (χ2n) is 5.56. The lowest BCUT2D eigenvalue weighted by Gasteiger charge is -2.29. The predicted molar refractivity (Wildman–Crippen MR) is 83.2 cm³/mol. The molecule has 1 unspecified atom stereocenters. The number of rotatable bonds is 8. The van der Waals surface area contributed by atoms with Crippen molar-refractivity contribution in [3.8, 4) is 11.5 Å². The van der Waals surface area contributed by atoms with Crippen molar-refractivity contribution in [2.45, 2.75) is 26.1 Å². The van der Waals surface area contributed by atoms with Crippen LogP contribution in [-0.4, -0.2) is 57.5 Å². The SMILES string of the molecule is COc1ccc(CNC(C)CN2CCOCC2)cc1OC(F)F. The average Bonchev–Trinajstić information content (AvgIpc) is 2.53. The maximum absolute atomic E-state index is 12.4. The third-order valence-corrected chi connectivity index (χ3v) is 3.73. The molecule has 1 atom stereocenters. The molecule has 0 aromatic heterocycles. The Kier molecular flexibility index (Phi) is 7.01. The van der Waals surface area contributed by atoms with Crippen LogP contribution in [0.15, 0.2) is 18.2 Å². The van der Waals surface area contributed by atoms with E-state index in [9.17, 15) is 8.78 Å². The fourth-order valence-corrected chi connectivity index (χ4v) is 2.55. The van der Waals surface area contributed by atoms with Gasteiger partial charge in [0, 0.05) is 32.2 Å². The topological polar surface area (TPSA) is 43.0 Å². The molecule has 1 aliphatic rings. The van der Waals surface area contributed by atoms with Crippen LogP contribution in [-0.2, 0) is 11.3 Å². The molecule has 0 spiro atoms. The summed E-state index contributed by atoms with van der Waals surface area (Å²) in [6.45, 7) is 4.19. The number of methoxy groups -OCH3 is 1. The van der Waals surface area contributed by atoms with Gasteiger partial charge in [-0.15, -0.1) is 0 Å². The number of ether oxygens (including phenoxy) is 3. The first-order chi connectivity index (χ1) is 11.1. The first-order valence-corrected chi connectivity index (χ1v) is 7.73. The highest BCUT2D eigenvalue weighted by atomic mass is 19.3. The summed E-state index contributed by atoms with van der Waals surface area (Å²) >= 11 is 0. The van der Waals surface area contributed by atoms with Gasteiger partial charge in [-0.1, -0.05) is 6.07 Å². The second kappa shape index (κ2) is 9.00. The Bertz CT molecular complexity index is 482. The van der Waals surface area contributed by atoms with Gasteiger partial charge in [0.05, 0.1) is 20.3 Å². The molecular weight excluding hydrogens is 306 g/mol. The molecule has 1 fully saturated rings. The fourth-order valence-electron chi connectivity index (χ4n) is 2.55. The normalized spacial score (nSPS) is 17.3. The van der Waals surface area contributed by atoms with Crippen LogP contribution in [0.3, 0.4) is 0 Å². The molecule has 23 heavy (non-hydrogen) atoms. The van der Waals surface area contributed by atoms with Crippen molar-refractivity contribution in [1.82, 2.24) is 10.2 Å². The third kappa shape index (κ3) is 5.93. The number of nitrogens with zero attached hydrogens (tertiary/aromatic N) is 1.